The Kier molecular flexibility index (Phi) is 2.16. The summed E-state index contributed by atoms with van der Waals surface area (Å²) in [7, 11) is 0. The molecule has 0 radical (unpaired) electrons. The molecule has 3 nitrogen and oxygen atoms in total. The molecule has 0 unspecified atom stereocenters. The lowest BCUT2D eigenvalue weighted by Crippen LogP contribution is -2.48. The summed E-state index contributed by atoms with van der Waals surface area (Å²) in [4.78, 5) is 5.17. The molecule has 1 aromatic heterocycles. The van der Waals surface area contributed by atoms with Crippen molar-refractivity contribution in [3.05, 3.63) is 16.6 Å². The van der Waals surface area contributed by atoms with E-state index in [9.17, 15) is 0 Å². The first kappa shape index (κ1) is 7.21. The second-order valence-electron chi connectivity index (χ2n) is 2.56. The molecule has 4 heteroatoms. The van der Waals surface area contributed by atoms with E-state index in [-0.39, 0.29) is 0 Å². The average molecular weight is 170 g/mol. The van der Waals surface area contributed by atoms with Crippen molar-refractivity contribution in [2.24, 2.45) is 0 Å². The Labute approximate surface area is 69.4 Å². The van der Waals surface area contributed by atoms with Crippen LogP contribution in [0.4, 0.5) is 0 Å². The summed E-state index contributed by atoms with van der Waals surface area (Å²) in [6, 6.07) is 0. The molecular weight excluding hydrogens is 160 g/mol. The Bertz CT molecular complexity index is 208. The number of nitrogens with one attached hydrogen (secondary N) is 1. The summed E-state index contributed by atoms with van der Waals surface area (Å²) in [5.41, 5.74) is 1.83. The molecule has 0 spiro atoms. The first-order valence-corrected chi connectivity index (χ1v) is 4.53. The Morgan fingerprint density at radius 1 is 1.73 bits per heavy atom. The maximum atomic E-state index is 5.53. The minimum atomic E-state index is 0.428. The van der Waals surface area contributed by atoms with Crippen LogP contribution in [-0.2, 0) is 11.3 Å². The molecule has 1 fully saturated rings. The molecule has 1 N–H and O–H groups in total. The zero-order valence-corrected chi connectivity index (χ0v) is 6.93. The fraction of sp³-hybridized carbons (Fsp3) is 0.571. The molecule has 1 aliphatic heterocycles. The van der Waals surface area contributed by atoms with E-state index in [0.717, 1.165) is 19.7 Å². The van der Waals surface area contributed by atoms with Crippen molar-refractivity contribution in [1.29, 1.82) is 0 Å². The van der Waals surface area contributed by atoms with Gasteiger partial charge in [0.15, 0.2) is 0 Å². The second-order valence-corrected chi connectivity index (χ2v) is 3.53. The van der Waals surface area contributed by atoms with E-state index in [1.165, 1.54) is 4.88 Å². The lowest BCUT2D eigenvalue weighted by molar-refractivity contribution is 0.00881. The van der Waals surface area contributed by atoms with Crippen LogP contribution in [0.25, 0.3) is 0 Å². The van der Waals surface area contributed by atoms with Gasteiger partial charge in [-0.3, -0.25) is 4.98 Å². The third-order valence-corrected chi connectivity index (χ3v) is 2.44. The Balaban J connectivity index is 1.74. The van der Waals surface area contributed by atoms with Crippen molar-refractivity contribution in [2.45, 2.75) is 12.7 Å². The fourth-order valence-corrected chi connectivity index (χ4v) is 1.41. The highest BCUT2D eigenvalue weighted by molar-refractivity contribution is 7.09. The number of ether oxygens (including phenoxy) is 1. The standard InChI is InChI=1S/C7H10N2OS/c1-6(2-8-1)10-4-7-3-9-5-11-7/h3,5-6,8H,1-2,4H2. The molecule has 1 aromatic rings. The van der Waals surface area contributed by atoms with Gasteiger partial charge in [0.05, 0.1) is 23.1 Å². The van der Waals surface area contributed by atoms with E-state index in [0.29, 0.717) is 6.10 Å². The maximum absolute atomic E-state index is 5.53. The van der Waals surface area contributed by atoms with Crippen LogP contribution in [0.1, 0.15) is 4.88 Å². The Morgan fingerprint density at radius 2 is 2.64 bits per heavy atom. The molecular formula is C7H10N2OS. The summed E-state index contributed by atoms with van der Waals surface area (Å²) in [5, 5.41) is 3.15. The van der Waals surface area contributed by atoms with Crippen LogP contribution in [0, 0.1) is 0 Å². The first-order chi connectivity index (χ1) is 5.45. The Hall–Kier alpha value is -0.450. The molecule has 2 rings (SSSR count). The van der Waals surface area contributed by atoms with Crippen molar-refractivity contribution in [3.8, 4) is 0 Å². The first-order valence-electron chi connectivity index (χ1n) is 3.65. The van der Waals surface area contributed by atoms with Crippen LogP contribution in [0.2, 0.25) is 0 Å². The van der Waals surface area contributed by atoms with Crippen LogP contribution < -0.4 is 5.32 Å². The number of hydrogen-bond donors (Lipinski definition) is 1. The van der Waals surface area contributed by atoms with Gasteiger partial charge in [0, 0.05) is 19.3 Å². The topological polar surface area (TPSA) is 34.1 Å². The predicted molar refractivity (Wildman–Crippen MR) is 43.6 cm³/mol. The van der Waals surface area contributed by atoms with Gasteiger partial charge in [0.1, 0.15) is 0 Å². The summed E-state index contributed by atoms with van der Waals surface area (Å²) in [5.74, 6) is 0. The van der Waals surface area contributed by atoms with Gasteiger partial charge in [-0.15, -0.1) is 11.3 Å². The second kappa shape index (κ2) is 3.30. The number of aromatic nitrogens is 1. The van der Waals surface area contributed by atoms with Crippen LogP contribution in [0.5, 0.6) is 0 Å². The third-order valence-electron chi connectivity index (χ3n) is 1.69. The lowest BCUT2D eigenvalue weighted by atomic mass is 10.2. The Morgan fingerprint density at radius 3 is 3.18 bits per heavy atom. The van der Waals surface area contributed by atoms with Gasteiger partial charge in [-0.1, -0.05) is 0 Å². The number of hydrogen-bond acceptors (Lipinski definition) is 4. The molecule has 0 saturated carbocycles. The molecule has 0 bridgehead atoms. The van der Waals surface area contributed by atoms with E-state index < -0.39 is 0 Å². The molecule has 1 aliphatic rings. The lowest BCUT2D eigenvalue weighted by Gasteiger charge is -2.26. The van der Waals surface area contributed by atoms with Crippen molar-refractivity contribution < 1.29 is 4.74 Å². The van der Waals surface area contributed by atoms with Gasteiger partial charge in [0.25, 0.3) is 0 Å². The molecule has 0 aromatic carbocycles. The van der Waals surface area contributed by atoms with E-state index in [4.69, 9.17) is 4.74 Å². The van der Waals surface area contributed by atoms with Crippen LogP contribution in [0.3, 0.4) is 0 Å². The van der Waals surface area contributed by atoms with Gasteiger partial charge in [-0.25, -0.2) is 0 Å². The molecule has 11 heavy (non-hydrogen) atoms. The number of nitrogens with zero attached hydrogens (tertiary/aromatic N) is 1. The van der Waals surface area contributed by atoms with E-state index in [1.807, 2.05) is 11.7 Å². The van der Waals surface area contributed by atoms with E-state index >= 15 is 0 Å². The summed E-state index contributed by atoms with van der Waals surface area (Å²) >= 11 is 1.64. The van der Waals surface area contributed by atoms with Crippen LogP contribution in [-0.4, -0.2) is 24.2 Å². The highest BCUT2D eigenvalue weighted by atomic mass is 32.1. The summed E-state index contributed by atoms with van der Waals surface area (Å²) < 4.78 is 5.53. The largest absolute Gasteiger partial charge is 0.370 e. The van der Waals surface area contributed by atoms with E-state index in [2.05, 4.69) is 10.3 Å². The maximum Gasteiger partial charge on any atom is 0.0830 e. The van der Waals surface area contributed by atoms with Crippen LogP contribution in [0.15, 0.2) is 11.7 Å². The average Bonchev–Trinajstić information content (AvgIpc) is 2.36. The van der Waals surface area contributed by atoms with Crippen molar-refractivity contribution in [2.75, 3.05) is 13.1 Å². The van der Waals surface area contributed by atoms with Gasteiger partial charge >= 0.3 is 0 Å². The number of thiazole rings is 1. The minimum Gasteiger partial charge on any atom is -0.370 e. The fourth-order valence-electron chi connectivity index (χ4n) is 0.893. The summed E-state index contributed by atoms with van der Waals surface area (Å²) in [6.07, 6.45) is 2.29. The minimum absolute atomic E-state index is 0.428. The predicted octanol–water partition coefficient (Wildman–Crippen LogP) is 0.631. The monoisotopic (exact) mass is 170 g/mol. The third kappa shape index (κ3) is 1.77. The molecule has 60 valence electrons. The molecule has 1 saturated heterocycles. The van der Waals surface area contributed by atoms with Crippen molar-refractivity contribution in [3.63, 3.8) is 0 Å². The highest BCUT2D eigenvalue weighted by Crippen LogP contribution is 2.09. The normalized spacial score (nSPS) is 18.2. The number of rotatable bonds is 3. The quantitative estimate of drug-likeness (QED) is 0.722. The van der Waals surface area contributed by atoms with Gasteiger partial charge in [0.2, 0.25) is 0 Å². The van der Waals surface area contributed by atoms with Gasteiger partial charge in [-0.05, 0) is 0 Å². The van der Waals surface area contributed by atoms with Crippen molar-refractivity contribution in [1.82, 2.24) is 10.3 Å². The highest BCUT2D eigenvalue weighted by Gasteiger charge is 2.16. The van der Waals surface area contributed by atoms with Gasteiger partial charge in [-0.2, -0.15) is 0 Å². The zero-order valence-electron chi connectivity index (χ0n) is 6.12. The van der Waals surface area contributed by atoms with Crippen molar-refractivity contribution >= 4 is 11.3 Å². The molecule has 0 atom stereocenters. The van der Waals surface area contributed by atoms with E-state index in [1.54, 1.807) is 11.3 Å². The molecule has 2 heterocycles. The van der Waals surface area contributed by atoms with Crippen LogP contribution >= 0.6 is 11.3 Å². The SMILES string of the molecule is c1ncc(COC2CNC2)s1. The smallest absolute Gasteiger partial charge is 0.0830 e. The molecule has 0 aliphatic carbocycles. The zero-order chi connectivity index (χ0) is 7.52. The molecule has 0 amide bonds. The van der Waals surface area contributed by atoms with Gasteiger partial charge < -0.3 is 10.1 Å². The summed E-state index contributed by atoms with van der Waals surface area (Å²) in [6.45, 7) is 2.72.